The molecule has 0 aliphatic rings. The quantitative estimate of drug-likeness (QED) is 0.740. The first-order valence-electron chi connectivity index (χ1n) is 5.77. The molecule has 0 spiro atoms. The molecule has 0 aromatic heterocycles. The third kappa shape index (κ3) is 4.65. The molecule has 0 saturated carbocycles. The zero-order chi connectivity index (χ0) is 14.6. The summed E-state index contributed by atoms with van der Waals surface area (Å²) in [7, 11) is 0. The van der Waals surface area contributed by atoms with Crippen LogP contribution in [-0.2, 0) is 6.54 Å². The molecule has 1 nitrogen and oxygen atoms in total. The zero-order valence-electron chi connectivity index (χ0n) is 10.2. The molecule has 0 saturated heterocycles. The lowest BCUT2D eigenvalue weighted by molar-refractivity contribution is -0.0328. The van der Waals surface area contributed by atoms with E-state index < -0.39 is 5.51 Å². The second-order valence-corrected chi connectivity index (χ2v) is 5.56. The van der Waals surface area contributed by atoms with Crippen molar-refractivity contribution in [2.45, 2.75) is 16.9 Å². The van der Waals surface area contributed by atoms with Crippen LogP contribution in [0, 0.1) is 0 Å². The first kappa shape index (κ1) is 15.1. The van der Waals surface area contributed by atoms with E-state index in [1.807, 2.05) is 18.2 Å². The van der Waals surface area contributed by atoms with Gasteiger partial charge in [0.2, 0.25) is 0 Å². The van der Waals surface area contributed by atoms with Crippen LogP contribution in [0.4, 0.5) is 18.9 Å². The lowest BCUT2D eigenvalue weighted by Gasteiger charge is -2.09. The van der Waals surface area contributed by atoms with Gasteiger partial charge < -0.3 is 5.32 Å². The molecule has 0 aliphatic heterocycles. The highest BCUT2D eigenvalue weighted by Crippen LogP contribution is 2.37. The number of rotatable bonds is 4. The molecule has 6 heteroatoms. The van der Waals surface area contributed by atoms with Gasteiger partial charge in [-0.05, 0) is 47.7 Å². The summed E-state index contributed by atoms with van der Waals surface area (Å²) in [6.07, 6.45) is 0. The fraction of sp³-hybridized carbons (Fsp3) is 0.143. The molecular weight excluding hydrogens is 307 g/mol. The van der Waals surface area contributed by atoms with Crippen molar-refractivity contribution in [3.63, 3.8) is 0 Å². The van der Waals surface area contributed by atoms with Gasteiger partial charge in [0.25, 0.3) is 0 Å². The Morgan fingerprint density at radius 3 is 2.25 bits per heavy atom. The lowest BCUT2D eigenvalue weighted by atomic mass is 10.2. The highest BCUT2D eigenvalue weighted by molar-refractivity contribution is 8.00. The lowest BCUT2D eigenvalue weighted by Crippen LogP contribution is -2.01. The Kier molecular flexibility index (Phi) is 4.83. The van der Waals surface area contributed by atoms with E-state index in [1.54, 1.807) is 18.2 Å². The first-order chi connectivity index (χ1) is 9.44. The molecule has 0 aliphatic carbocycles. The van der Waals surface area contributed by atoms with Crippen LogP contribution in [0.5, 0.6) is 0 Å². The molecule has 0 atom stereocenters. The SMILES string of the molecule is FC(F)(F)Sc1ccc(NCc2ccccc2Cl)cc1. The van der Waals surface area contributed by atoms with Crippen LogP contribution in [0.3, 0.4) is 0 Å². The number of nitrogens with one attached hydrogen (secondary N) is 1. The second kappa shape index (κ2) is 6.41. The van der Waals surface area contributed by atoms with Gasteiger partial charge in [0.05, 0.1) is 0 Å². The van der Waals surface area contributed by atoms with E-state index >= 15 is 0 Å². The third-order valence-corrected chi connectivity index (χ3v) is 3.64. The third-order valence-electron chi connectivity index (χ3n) is 2.53. The van der Waals surface area contributed by atoms with E-state index in [4.69, 9.17) is 11.6 Å². The van der Waals surface area contributed by atoms with Crippen LogP contribution in [-0.4, -0.2) is 5.51 Å². The number of hydrogen-bond donors (Lipinski definition) is 1. The van der Waals surface area contributed by atoms with Gasteiger partial charge in [-0.2, -0.15) is 13.2 Å². The summed E-state index contributed by atoms with van der Waals surface area (Å²) in [5.74, 6) is 0. The van der Waals surface area contributed by atoms with Crippen molar-refractivity contribution < 1.29 is 13.2 Å². The zero-order valence-corrected chi connectivity index (χ0v) is 11.8. The molecule has 106 valence electrons. The molecular formula is C14H11ClF3NS. The van der Waals surface area contributed by atoms with Gasteiger partial charge in [-0.25, -0.2) is 0 Å². The molecule has 0 amide bonds. The van der Waals surface area contributed by atoms with E-state index in [9.17, 15) is 13.2 Å². The summed E-state index contributed by atoms with van der Waals surface area (Å²) in [4.78, 5) is 0.167. The van der Waals surface area contributed by atoms with Crippen LogP contribution in [0.15, 0.2) is 53.4 Å². The van der Waals surface area contributed by atoms with Gasteiger partial charge in [0, 0.05) is 22.2 Å². The van der Waals surface area contributed by atoms with Gasteiger partial charge in [0.1, 0.15) is 0 Å². The number of halogens is 4. The Morgan fingerprint density at radius 1 is 1.00 bits per heavy atom. The smallest absolute Gasteiger partial charge is 0.381 e. The van der Waals surface area contributed by atoms with Crippen molar-refractivity contribution in [3.05, 3.63) is 59.1 Å². The predicted octanol–water partition coefficient (Wildman–Crippen LogP) is 5.56. The minimum absolute atomic E-state index is 0.123. The van der Waals surface area contributed by atoms with Crippen LogP contribution < -0.4 is 5.32 Å². The highest BCUT2D eigenvalue weighted by atomic mass is 35.5. The maximum absolute atomic E-state index is 12.2. The van der Waals surface area contributed by atoms with Crippen LogP contribution in [0.1, 0.15) is 5.56 Å². The number of benzene rings is 2. The van der Waals surface area contributed by atoms with E-state index in [0.29, 0.717) is 11.6 Å². The second-order valence-electron chi connectivity index (χ2n) is 4.02. The molecule has 2 aromatic carbocycles. The average Bonchev–Trinajstić information content (AvgIpc) is 2.38. The minimum atomic E-state index is -4.26. The van der Waals surface area contributed by atoms with Crippen LogP contribution >= 0.6 is 23.4 Å². The maximum Gasteiger partial charge on any atom is 0.446 e. The standard InChI is InChI=1S/C14H11ClF3NS/c15-13-4-2-1-3-10(13)9-19-11-5-7-12(8-6-11)20-14(16,17)18/h1-8,19H,9H2. The van der Waals surface area contributed by atoms with E-state index in [2.05, 4.69) is 5.32 Å². The fourth-order valence-corrected chi connectivity index (χ4v) is 2.36. The fourth-order valence-electron chi connectivity index (χ4n) is 1.61. The van der Waals surface area contributed by atoms with E-state index in [1.165, 1.54) is 12.1 Å². The topological polar surface area (TPSA) is 12.0 Å². The van der Waals surface area contributed by atoms with Gasteiger partial charge in [-0.15, -0.1) is 0 Å². The van der Waals surface area contributed by atoms with Crippen molar-refractivity contribution >= 4 is 29.1 Å². The predicted molar refractivity (Wildman–Crippen MR) is 77.1 cm³/mol. The van der Waals surface area contributed by atoms with E-state index in [0.717, 1.165) is 11.3 Å². The molecule has 0 radical (unpaired) electrons. The Balaban J connectivity index is 1.96. The summed E-state index contributed by atoms with van der Waals surface area (Å²) in [5.41, 5.74) is -2.58. The highest BCUT2D eigenvalue weighted by Gasteiger charge is 2.28. The molecule has 2 rings (SSSR count). The van der Waals surface area contributed by atoms with Gasteiger partial charge in [0.15, 0.2) is 0 Å². The Morgan fingerprint density at radius 2 is 1.65 bits per heavy atom. The number of thioether (sulfide) groups is 1. The Hall–Kier alpha value is -1.33. The van der Waals surface area contributed by atoms with Crippen molar-refractivity contribution in [3.8, 4) is 0 Å². The Bertz CT molecular complexity index is 569. The Labute approximate surface area is 124 Å². The molecule has 1 N–H and O–H groups in total. The van der Waals surface area contributed by atoms with Crippen molar-refractivity contribution in [1.29, 1.82) is 0 Å². The maximum atomic E-state index is 12.2. The van der Waals surface area contributed by atoms with Crippen molar-refractivity contribution in [2.24, 2.45) is 0 Å². The summed E-state index contributed by atoms with van der Waals surface area (Å²) < 4.78 is 36.6. The van der Waals surface area contributed by atoms with Crippen molar-refractivity contribution in [2.75, 3.05) is 5.32 Å². The summed E-state index contributed by atoms with van der Waals surface area (Å²) in [6, 6.07) is 13.5. The molecule has 0 heterocycles. The largest absolute Gasteiger partial charge is 0.446 e. The monoisotopic (exact) mass is 317 g/mol. The first-order valence-corrected chi connectivity index (χ1v) is 6.96. The van der Waals surface area contributed by atoms with Crippen molar-refractivity contribution in [1.82, 2.24) is 0 Å². The average molecular weight is 318 g/mol. The number of alkyl halides is 3. The number of anilines is 1. The molecule has 2 aromatic rings. The number of hydrogen-bond acceptors (Lipinski definition) is 2. The normalized spacial score (nSPS) is 11.4. The summed E-state index contributed by atoms with van der Waals surface area (Å²) in [5, 5.41) is 3.77. The van der Waals surface area contributed by atoms with Gasteiger partial charge >= 0.3 is 5.51 Å². The molecule has 0 unspecified atom stereocenters. The van der Waals surface area contributed by atoms with Crippen LogP contribution in [0.2, 0.25) is 5.02 Å². The minimum Gasteiger partial charge on any atom is -0.381 e. The molecule has 0 bridgehead atoms. The summed E-state index contributed by atoms with van der Waals surface area (Å²) >= 11 is 5.90. The summed E-state index contributed by atoms with van der Waals surface area (Å²) in [6.45, 7) is 0.519. The molecule has 20 heavy (non-hydrogen) atoms. The van der Waals surface area contributed by atoms with E-state index in [-0.39, 0.29) is 16.7 Å². The van der Waals surface area contributed by atoms with Gasteiger partial charge in [-0.3, -0.25) is 0 Å². The molecule has 0 fully saturated rings. The van der Waals surface area contributed by atoms with Crippen LogP contribution in [0.25, 0.3) is 0 Å². The van der Waals surface area contributed by atoms with Gasteiger partial charge in [-0.1, -0.05) is 29.8 Å².